The zero-order chi connectivity index (χ0) is 20.6. The second kappa shape index (κ2) is 7.64. The molecule has 1 aliphatic rings. The van der Waals surface area contributed by atoms with Crippen LogP contribution in [0.1, 0.15) is 29.8 Å². The summed E-state index contributed by atoms with van der Waals surface area (Å²) < 4.78 is 35.0. The average Bonchev–Trinajstić information content (AvgIpc) is 3.05. The van der Waals surface area contributed by atoms with Gasteiger partial charge in [-0.2, -0.15) is 0 Å². The molecule has 2 aromatic carbocycles. The van der Waals surface area contributed by atoms with Gasteiger partial charge in [0.2, 0.25) is 0 Å². The summed E-state index contributed by atoms with van der Waals surface area (Å²) in [7, 11) is -1.93. The summed E-state index contributed by atoms with van der Waals surface area (Å²) in [4.78, 5) is 15.0. The molecule has 1 amide bonds. The van der Waals surface area contributed by atoms with Crippen LogP contribution in [0.3, 0.4) is 0 Å². The number of hydrogen-bond acceptors (Lipinski definition) is 5. The molecule has 0 aliphatic carbocycles. The largest absolute Gasteiger partial charge is 0.495 e. The summed E-state index contributed by atoms with van der Waals surface area (Å²) in [5.41, 5.74) is 1.73. The Bertz CT molecular complexity index is 1030. The minimum atomic E-state index is -3.47. The lowest BCUT2D eigenvalue weighted by Gasteiger charge is -2.21. The maximum Gasteiger partial charge on any atom is 0.262 e. The van der Waals surface area contributed by atoms with Gasteiger partial charge >= 0.3 is 0 Å². The van der Waals surface area contributed by atoms with Gasteiger partial charge in [0.05, 0.1) is 28.7 Å². The Morgan fingerprint density at radius 2 is 1.86 bits per heavy atom. The third-order valence-electron chi connectivity index (χ3n) is 4.50. The standard InChI is InChI=1S/C20H22ClNO5S/c1-12(2)27-17-7-5-13(28(4,24)25)11-15(17)20(23)22-10-9-14-16(22)6-8-18(26-3)19(14)21/h5-8,11-12H,9-10H2,1-4H3. The van der Waals surface area contributed by atoms with E-state index in [0.717, 1.165) is 11.8 Å². The topological polar surface area (TPSA) is 72.9 Å². The fraction of sp³-hybridized carbons (Fsp3) is 0.350. The third kappa shape index (κ3) is 3.82. The van der Waals surface area contributed by atoms with Crippen LogP contribution in [0.2, 0.25) is 5.02 Å². The van der Waals surface area contributed by atoms with Crippen molar-refractivity contribution in [3.63, 3.8) is 0 Å². The number of carbonyl (C=O) groups excluding carboxylic acids is 1. The van der Waals surface area contributed by atoms with Crippen LogP contribution in [0.4, 0.5) is 5.69 Å². The van der Waals surface area contributed by atoms with Crippen LogP contribution in [0.15, 0.2) is 35.2 Å². The van der Waals surface area contributed by atoms with Gasteiger partial charge in [0, 0.05) is 24.1 Å². The molecule has 0 unspecified atom stereocenters. The minimum absolute atomic E-state index is 0.0686. The van der Waals surface area contributed by atoms with Crippen molar-refractivity contribution in [2.24, 2.45) is 0 Å². The summed E-state index contributed by atoms with van der Waals surface area (Å²) in [6.45, 7) is 4.12. The first-order valence-electron chi connectivity index (χ1n) is 8.81. The molecular formula is C20H22ClNO5S. The normalized spacial score (nSPS) is 13.6. The predicted octanol–water partition coefficient (Wildman–Crippen LogP) is 3.74. The van der Waals surface area contributed by atoms with E-state index in [4.69, 9.17) is 21.1 Å². The Morgan fingerprint density at radius 3 is 2.46 bits per heavy atom. The maximum absolute atomic E-state index is 13.3. The van der Waals surface area contributed by atoms with E-state index in [-0.39, 0.29) is 22.5 Å². The second-order valence-electron chi connectivity index (χ2n) is 6.88. The van der Waals surface area contributed by atoms with Gasteiger partial charge in [-0.3, -0.25) is 4.79 Å². The molecule has 0 aromatic heterocycles. The van der Waals surface area contributed by atoms with Gasteiger partial charge in [0.15, 0.2) is 9.84 Å². The van der Waals surface area contributed by atoms with Crippen LogP contribution in [0.5, 0.6) is 11.5 Å². The van der Waals surface area contributed by atoms with Gasteiger partial charge in [0.1, 0.15) is 11.5 Å². The van der Waals surface area contributed by atoms with Gasteiger partial charge in [0.25, 0.3) is 5.91 Å². The molecule has 0 saturated heterocycles. The zero-order valence-electron chi connectivity index (χ0n) is 16.2. The van der Waals surface area contributed by atoms with Crippen LogP contribution >= 0.6 is 11.6 Å². The molecule has 8 heteroatoms. The Balaban J connectivity index is 2.07. The fourth-order valence-electron chi connectivity index (χ4n) is 3.20. The molecule has 0 radical (unpaired) electrons. The first kappa shape index (κ1) is 20.5. The number of rotatable bonds is 5. The molecular weight excluding hydrogens is 402 g/mol. The summed E-state index contributed by atoms with van der Waals surface area (Å²) >= 11 is 6.39. The number of benzene rings is 2. The van der Waals surface area contributed by atoms with Crippen LogP contribution in [0, 0.1) is 0 Å². The van der Waals surface area contributed by atoms with Crippen molar-refractivity contribution in [2.45, 2.75) is 31.3 Å². The Labute approximate surface area is 169 Å². The highest BCUT2D eigenvalue weighted by molar-refractivity contribution is 7.90. The Hall–Kier alpha value is -2.25. The number of methoxy groups -OCH3 is 1. The summed E-state index contributed by atoms with van der Waals surface area (Å²) in [6.07, 6.45) is 1.53. The number of amides is 1. The molecule has 0 spiro atoms. The van der Waals surface area contributed by atoms with Crippen LogP contribution in [-0.2, 0) is 16.3 Å². The Morgan fingerprint density at radius 1 is 1.18 bits per heavy atom. The number of halogens is 1. The molecule has 0 atom stereocenters. The lowest BCUT2D eigenvalue weighted by molar-refractivity contribution is 0.0983. The van der Waals surface area contributed by atoms with Crippen LogP contribution in [0.25, 0.3) is 0 Å². The highest BCUT2D eigenvalue weighted by Crippen LogP contribution is 2.40. The van der Waals surface area contributed by atoms with E-state index in [9.17, 15) is 13.2 Å². The van der Waals surface area contributed by atoms with E-state index in [2.05, 4.69) is 0 Å². The van der Waals surface area contributed by atoms with Gasteiger partial charge in [-0.1, -0.05) is 11.6 Å². The van der Waals surface area contributed by atoms with Crippen molar-refractivity contribution in [3.05, 3.63) is 46.5 Å². The third-order valence-corrected chi connectivity index (χ3v) is 6.02. The summed E-state index contributed by atoms with van der Waals surface area (Å²) in [5, 5.41) is 0.485. The average molecular weight is 424 g/mol. The number of ether oxygens (including phenoxy) is 2. The van der Waals surface area contributed by atoms with E-state index < -0.39 is 9.84 Å². The van der Waals surface area contributed by atoms with Crippen molar-refractivity contribution in [1.29, 1.82) is 0 Å². The molecule has 150 valence electrons. The number of carbonyl (C=O) groups is 1. The molecule has 1 heterocycles. The van der Waals surface area contributed by atoms with E-state index >= 15 is 0 Å². The molecule has 6 nitrogen and oxygen atoms in total. The Kier molecular flexibility index (Phi) is 5.59. The van der Waals surface area contributed by atoms with Crippen molar-refractivity contribution >= 4 is 33.0 Å². The van der Waals surface area contributed by atoms with Crippen molar-refractivity contribution in [2.75, 3.05) is 24.8 Å². The monoisotopic (exact) mass is 423 g/mol. The number of nitrogens with zero attached hydrogens (tertiary/aromatic N) is 1. The van der Waals surface area contributed by atoms with Crippen molar-refractivity contribution in [1.82, 2.24) is 0 Å². The molecule has 3 rings (SSSR count). The van der Waals surface area contributed by atoms with E-state index in [1.165, 1.54) is 25.3 Å². The van der Waals surface area contributed by atoms with Crippen LogP contribution < -0.4 is 14.4 Å². The highest BCUT2D eigenvalue weighted by Gasteiger charge is 2.31. The quantitative estimate of drug-likeness (QED) is 0.732. The first-order valence-corrected chi connectivity index (χ1v) is 11.1. The SMILES string of the molecule is COc1ccc2c(c1Cl)CCN2C(=O)c1cc(S(C)(=O)=O)ccc1OC(C)C. The summed E-state index contributed by atoms with van der Waals surface area (Å²) in [5.74, 6) is 0.569. The van der Waals surface area contributed by atoms with E-state index in [1.54, 1.807) is 17.0 Å². The number of fused-ring (bicyclic) bond motifs is 1. The second-order valence-corrected chi connectivity index (χ2v) is 9.28. The molecule has 28 heavy (non-hydrogen) atoms. The highest BCUT2D eigenvalue weighted by atomic mass is 35.5. The zero-order valence-corrected chi connectivity index (χ0v) is 17.7. The molecule has 0 fully saturated rings. The number of sulfone groups is 1. The van der Waals surface area contributed by atoms with Crippen LogP contribution in [-0.4, -0.2) is 40.3 Å². The number of anilines is 1. The minimum Gasteiger partial charge on any atom is -0.495 e. The van der Waals surface area contributed by atoms with Gasteiger partial charge in [-0.05, 0) is 50.6 Å². The van der Waals surface area contributed by atoms with Crippen molar-refractivity contribution in [3.8, 4) is 11.5 Å². The van der Waals surface area contributed by atoms with E-state index in [1.807, 2.05) is 13.8 Å². The van der Waals surface area contributed by atoms with Gasteiger partial charge < -0.3 is 14.4 Å². The summed E-state index contributed by atoms with van der Waals surface area (Å²) in [6, 6.07) is 7.85. The predicted molar refractivity (Wildman–Crippen MR) is 109 cm³/mol. The lowest BCUT2D eigenvalue weighted by Crippen LogP contribution is -2.29. The van der Waals surface area contributed by atoms with Gasteiger partial charge in [-0.25, -0.2) is 8.42 Å². The van der Waals surface area contributed by atoms with E-state index in [0.29, 0.717) is 35.2 Å². The number of hydrogen-bond donors (Lipinski definition) is 0. The lowest BCUT2D eigenvalue weighted by atomic mass is 10.1. The molecule has 0 bridgehead atoms. The van der Waals surface area contributed by atoms with Gasteiger partial charge in [-0.15, -0.1) is 0 Å². The first-order chi connectivity index (χ1) is 13.1. The van der Waals surface area contributed by atoms with Crippen molar-refractivity contribution < 1.29 is 22.7 Å². The smallest absolute Gasteiger partial charge is 0.262 e. The maximum atomic E-state index is 13.3. The fourth-order valence-corrected chi connectivity index (χ4v) is 4.18. The molecule has 1 aliphatic heterocycles. The molecule has 0 N–H and O–H groups in total. The molecule has 2 aromatic rings. The molecule has 0 saturated carbocycles.